The fourth-order valence-electron chi connectivity index (χ4n) is 3.54. The summed E-state index contributed by atoms with van der Waals surface area (Å²) >= 11 is 1.61. The van der Waals surface area contributed by atoms with Gasteiger partial charge in [0.2, 0.25) is 5.88 Å². The molecule has 0 N–H and O–H groups in total. The molecule has 1 saturated heterocycles. The van der Waals surface area contributed by atoms with Gasteiger partial charge in [-0.3, -0.25) is 4.79 Å². The standard InChI is InChI=1S/C23H19N3O2S/c27-23(26-12-4-5-13-26)17-8-10-18(11-9-17)28-21-19-14-20(16-6-2-1-3-7-16)29-22(19)25-15-24-21/h1-3,6-11,14-15H,4-5,12-13H2. The Morgan fingerprint density at radius 2 is 1.72 bits per heavy atom. The monoisotopic (exact) mass is 401 g/mol. The third-order valence-corrected chi connectivity index (χ3v) is 6.15. The molecule has 1 aliphatic rings. The lowest BCUT2D eigenvalue weighted by Crippen LogP contribution is -2.27. The smallest absolute Gasteiger partial charge is 0.253 e. The zero-order valence-electron chi connectivity index (χ0n) is 15.7. The van der Waals surface area contributed by atoms with E-state index in [0.717, 1.165) is 46.6 Å². The second kappa shape index (κ2) is 7.64. The van der Waals surface area contributed by atoms with E-state index < -0.39 is 0 Å². The number of hydrogen-bond acceptors (Lipinski definition) is 5. The Balaban J connectivity index is 1.40. The molecule has 3 heterocycles. The Morgan fingerprint density at radius 1 is 0.966 bits per heavy atom. The van der Waals surface area contributed by atoms with Crippen LogP contribution in [-0.2, 0) is 0 Å². The first-order chi connectivity index (χ1) is 14.3. The molecule has 0 atom stereocenters. The van der Waals surface area contributed by atoms with Gasteiger partial charge in [-0.25, -0.2) is 9.97 Å². The number of amides is 1. The van der Waals surface area contributed by atoms with Crippen LogP contribution in [0.2, 0.25) is 0 Å². The molecular weight excluding hydrogens is 382 g/mol. The maximum Gasteiger partial charge on any atom is 0.253 e. The van der Waals surface area contributed by atoms with E-state index in [1.165, 1.54) is 6.33 Å². The molecular formula is C23H19N3O2S. The number of aromatic nitrogens is 2. The van der Waals surface area contributed by atoms with Crippen LogP contribution in [0.25, 0.3) is 20.7 Å². The van der Waals surface area contributed by atoms with Crippen LogP contribution in [0.15, 0.2) is 67.0 Å². The molecule has 0 radical (unpaired) electrons. The Bertz CT molecular complexity index is 1150. The van der Waals surface area contributed by atoms with Gasteiger partial charge in [0, 0.05) is 23.5 Å². The van der Waals surface area contributed by atoms with Crippen molar-refractivity contribution in [3.63, 3.8) is 0 Å². The molecule has 0 saturated carbocycles. The Kier molecular flexibility index (Phi) is 4.69. The zero-order valence-corrected chi connectivity index (χ0v) is 16.6. The minimum atomic E-state index is 0.0869. The third-order valence-electron chi connectivity index (χ3n) is 5.06. The number of fused-ring (bicyclic) bond motifs is 1. The molecule has 6 heteroatoms. The molecule has 0 unspecified atom stereocenters. The maximum absolute atomic E-state index is 12.5. The molecule has 0 bridgehead atoms. The van der Waals surface area contributed by atoms with Gasteiger partial charge in [0.25, 0.3) is 5.91 Å². The first-order valence-electron chi connectivity index (χ1n) is 9.65. The first kappa shape index (κ1) is 17.8. The lowest BCUT2D eigenvalue weighted by atomic mass is 10.2. The second-order valence-corrected chi connectivity index (χ2v) is 8.03. The van der Waals surface area contributed by atoms with Crippen LogP contribution in [0.4, 0.5) is 0 Å². The highest BCUT2D eigenvalue weighted by Crippen LogP contribution is 2.37. The van der Waals surface area contributed by atoms with Crippen molar-refractivity contribution in [1.82, 2.24) is 14.9 Å². The molecule has 4 aromatic rings. The quantitative estimate of drug-likeness (QED) is 0.460. The summed E-state index contributed by atoms with van der Waals surface area (Å²) in [4.78, 5) is 25.1. The molecule has 0 aliphatic carbocycles. The number of carbonyl (C=O) groups excluding carboxylic acids is 1. The topological polar surface area (TPSA) is 55.3 Å². The summed E-state index contributed by atoms with van der Waals surface area (Å²) in [5.41, 5.74) is 1.83. The van der Waals surface area contributed by atoms with Gasteiger partial charge < -0.3 is 9.64 Å². The predicted molar refractivity (Wildman–Crippen MR) is 115 cm³/mol. The van der Waals surface area contributed by atoms with Crippen molar-refractivity contribution in [2.45, 2.75) is 12.8 Å². The summed E-state index contributed by atoms with van der Waals surface area (Å²) in [6.07, 6.45) is 3.69. The van der Waals surface area contributed by atoms with Crippen LogP contribution < -0.4 is 4.74 Å². The van der Waals surface area contributed by atoms with Gasteiger partial charge in [-0.2, -0.15) is 0 Å². The number of likely N-dealkylation sites (tertiary alicyclic amines) is 1. The minimum absolute atomic E-state index is 0.0869. The summed E-state index contributed by atoms with van der Waals surface area (Å²) in [5, 5.41) is 0.883. The third kappa shape index (κ3) is 3.59. The lowest BCUT2D eigenvalue weighted by molar-refractivity contribution is 0.0793. The number of hydrogen-bond donors (Lipinski definition) is 0. The van der Waals surface area contributed by atoms with Crippen LogP contribution in [-0.4, -0.2) is 33.9 Å². The Hall–Kier alpha value is -3.25. The average molecular weight is 401 g/mol. The van der Waals surface area contributed by atoms with Crippen molar-refractivity contribution in [2.24, 2.45) is 0 Å². The number of benzene rings is 2. The number of thiophene rings is 1. The second-order valence-electron chi connectivity index (χ2n) is 7.00. The normalized spacial score (nSPS) is 13.7. The van der Waals surface area contributed by atoms with Crippen molar-refractivity contribution in [3.8, 4) is 22.1 Å². The molecule has 5 rings (SSSR count). The van der Waals surface area contributed by atoms with E-state index in [2.05, 4.69) is 28.2 Å². The van der Waals surface area contributed by atoms with Crippen LogP contribution in [0.1, 0.15) is 23.2 Å². The lowest BCUT2D eigenvalue weighted by Gasteiger charge is -2.15. The minimum Gasteiger partial charge on any atom is -0.438 e. The summed E-state index contributed by atoms with van der Waals surface area (Å²) in [6.45, 7) is 1.69. The van der Waals surface area contributed by atoms with Crippen molar-refractivity contribution in [1.29, 1.82) is 0 Å². The van der Waals surface area contributed by atoms with Crippen molar-refractivity contribution >= 4 is 27.5 Å². The highest BCUT2D eigenvalue weighted by Gasteiger charge is 2.19. The van der Waals surface area contributed by atoms with Gasteiger partial charge in [0.1, 0.15) is 16.9 Å². The summed E-state index contributed by atoms with van der Waals surface area (Å²) in [6, 6.07) is 19.5. The molecule has 2 aromatic carbocycles. The number of rotatable bonds is 4. The highest BCUT2D eigenvalue weighted by molar-refractivity contribution is 7.21. The van der Waals surface area contributed by atoms with E-state index in [1.807, 2.05) is 47.4 Å². The molecule has 144 valence electrons. The highest BCUT2D eigenvalue weighted by atomic mass is 32.1. The maximum atomic E-state index is 12.5. The fourth-order valence-corrected chi connectivity index (χ4v) is 4.53. The zero-order chi connectivity index (χ0) is 19.6. The molecule has 1 fully saturated rings. The van der Waals surface area contributed by atoms with E-state index in [1.54, 1.807) is 11.3 Å². The number of ether oxygens (including phenoxy) is 1. The first-order valence-corrected chi connectivity index (χ1v) is 10.5. The van der Waals surface area contributed by atoms with Gasteiger partial charge in [0.15, 0.2) is 0 Å². The predicted octanol–water partition coefficient (Wildman–Crippen LogP) is 5.39. The van der Waals surface area contributed by atoms with Crippen LogP contribution in [0.5, 0.6) is 11.6 Å². The fraction of sp³-hybridized carbons (Fsp3) is 0.174. The van der Waals surface area contributed by atoms with E-state index in [0.29, 0.717) is 17.2 Å². The Labute approximate surface area is 172 Å². The van der Waals surface area contributed by atoms with Crippen LogP contribution in [0.3, 0.4) is 0 Å². The average Bonchev–Trinajstić information content (AvgIpc) is 3.45. The van der Waals surface area contributed by atoms with Gasteiger partial charge in [-0.1, -0.05) is 30.3 Å². The van der Waals surface area contributed by atoms with Gasteiger partial charge in [-0.05, 0) is 48.7 Å². The van der Waals surface area contributed by atoms with Crippen molar-refractivity contribution in [3.05, 3.63) is 72.6 Å². The molecule has 0 spiro atoms. The van der Waals surface area contributed by atoms with E-state index in [9.17, 15) is 4.79 Å². The number of carbonyl (C=O) groups is 1. The van der Waals surface area contributed by atoms with E-state index in [4.69, 9.17) is 4.74 Å². The van der Waals surface area contributed by atoms with Gasteiger partial charge in [-0.15, -0.1) is 11.3 Å². The number of nitrogens with zero attached hydrogens (tertiary/aromatic N) is 3. The van der Waals surface area contributed by atoms with Crippen LogP contribution >= 0.6 is 11.3 Å². The largest absolute Gasteiger partial charge is 0.438 e. The van der Waals surface area contributed by atoms with E-state index >= 15 is 0 Å². The molecule has 1 aliphatic heterocycles. The molecule has 29 heavy (non-hydrogen) atoms. The molecule has 2 aromatic heterocycles. The van der Waals surface area contributed by atoms with Gasteiger partial charge >= 0.3 is 0 Å². The Morgan fingerprint density at radius 3 is 2.48 bits per heavy atom. The molecule has 1 amide bonds. The summed E-state index contributed by atoms with van der Waals surface area (Å²) in [5.74, 6) is 1.26. The SMILES string of the molecule is O=C(c1ccc(Oc2ncnc3sc(-c4ccccc4)cc23)cc1)N1CCCC1. The van der Waals surface area contributed by atoms with Crippen LogP contribution in [0, 0.1) is 0 Å². The van der Waals surface area contributed by atoms with Crippen molar-refractivity contribution < 1.29 is 9.53 Å². The molecule has 5 nitrogen and oxygen atoms in total. The summed E-state index contributed by atoms with van der Waals surface area (Å²) < 4.78 is 6.03. The summed E-state index contributed by atoms with van der Waals surface area (Å²) in [7, 11) is 0. The van der Waals surface area contributed by atoms with Gasteiger partial charge in [0.05, 0.1) is 5.39 Å². The van der Waals surface area contributed by atoms with Crippen molar-refractivity contribution in [2.75, 3.05) is 13.1 Å². The van der Waals surface area contributed by atoms with E-state index in [-0.39, 0.29) is 5.91 Å².